The number of nitrogens with zero attached hydrogens (tertiary/aromatic N) is 1. The van der Waals surface area contributed by atoms with Gasteiger partial charge in [0, 0.05) is 78.3 Å². The van der Waals surface area contributed by atoms with E-state index in [0.717, 1.165) is 129 Å². The molecular formula is C78H97N3O7. The molecule has 6 saturated carbocycles. The van der Waals surface area contributed by atoms with Crippen molar-refractivity contribution in [3.63, 3.8) is 0 Å². The predicted octanol–water partition coefficient (Wildman–Crippen LogP) is 15.0. The van der Waals surface area contributed by atoms with Gasteiger partial charge < -0.3 is 39.0 Å². The summed E-state index contributed by atoms with van der Waals surface area (Å²) < 4.78 is 14.6. The Morgan fingerprint density at radius 2 is 1.56 bits per heavy atom. The molecule has 8 fully saturated rings. The molecular weight excluding hydrogens is 1090 g/mol. The molecule has 6 bridgehead atoms. The SMILES string of the molecule is CC1(CC(O)C2OC2(C)C)CCc2c[nH]c3c(C(C=O)c4cc(C5CCCCC5)cc(C5CCOCC5)c4)cn(c23)CC2C3=C1C(=O)CC3(C)C1(C)CCC3C4(C)C(=O)C5c6c(c[nH]c6C6CCC5(C6)C3(C)C1C2O)Cc1cccc(c1)CC1CCCC14. The maximum absolute atomic E-state index is 17.1. The standard InChI is InChI=1S/C78H97N3O7/c1-72(2)71(88-72)59(84)36-73(3)24-19-49-38-80-66-54(56(42-82)52-33-50(45-15-9-8-10-16-45)32-51(34-52)46-22-27-87-28-23-46)40-81(67(49)66)41-55-62-63(73)58(83)37-75(62,5)74(4)25-21-60-76(6)57-18-12-17-47(57)30-43-13-11-14-44(29-43)31-53-39-79-65-48-20-26-78(35-48,64(61(53)65)70(76)86)77(60,7)69(74)68(55)85/h11,13-14,29,32-34,38-40,42,45-48,55-57,59-60,64,68-69,71,79-80,84-85H,8-10,12,15-28,30-31,35-37,41H2,1-7H3. The highest BCUT2D eigenvalue weighted by Gasteiger charge is 2.81. The molecule has 2 saturated heterocycles. The molecule has 88 heavy (non-hydrogen) atoms. The number of Topliss-reactive ketones (excluding diaryl/α,β-unsaturated/α-hetero) is 2. The van der Waals surface area contributed by atoms with Crippen molar-refractivity contribution in [3.05, 3.63) is 128 Å². The summed E-state index contributed by atoms with van der Waals surface area (Å²) in [6, 6.07) is 16.6. The van der Waals surface area contributed by atoms with Crippen LogP contribution in [0, 0.1) is 62.1 Å². The Bertz CT molecular complexity index is 3720. The summed E-state index contributed by atoms with van der Waals surface area (Å²) in [5, 5.41) is 27.5. The summed E-state index contributed by atoms with van der Waals surface area (Å²) in [5.74, 6) is 0.927. The molecule has 1 spiro atoms. The van der Waals surface area contributed by atoms with Crippen LogP contribution < -0.4 is 0 Å². The van der Waals surface area contributed by atoms with Crippen LogP contribution >= 0.6 is 0 Å². The zero-order valence-corrected chi connectivity index (χ0v) is 53.7. The van der Waals surface area contributed by atoms with Gasteiger partial charge in [0.25, 0.3) is 0 Å². The van der Waals surface area contributed by atoms with Crippen LogP contribution in [-0.2, 0) is 49.7 Å². The van der Waals surface area contributed by atoms with Crippen LogP contribution in [0.25, 0.3) is 11.0 Å². The van der Waals surface area contributed by atoms with Crippen LogP contribution in [-0.4, -0.2) is 79.7 Å². The number of ether oxygens (including phenoxy) is 2. The molecule has 0 amide bonds. The van der Waals surface area contributed by atoms with Crippen molar-refractivity contribution in [1.29, 1.82) is 0 Å². The third-order valence-corrected chi connectivity index (χ3v) is 29.2. The summed E-state index contributed by atoms with van der Waals surface area (Å²) in [7, 11) is 0. The predicted molar refractivity (Wildman–Crippen MR) is 341 cm³/mol. The molecule has 10 heteroatoms. The summed E-state index contributed by atoms with van der Waals surface area (Å²) in [6.45, 7) is 18.4. The van der Waals surface area contributed by atoms with E-state index in [0.29, 0.717) is 61.7 Å². The lowest BCUT2D eigenvalue weighted by molar-refractivity contribution is -0.272. The number of carbonyl (C=O) groups is 3. The molecule has 17 rings (SSSR count). The Balaban J connectivity index is 0.865. The Kier molecular flexibility index (Phi) is 12.7. The first-order valence-corrected chi connectivity index (χ1v) is 35.3. The molecule has 4 N–H and O–H groups in total. The molecule has 17 unspecified atom stereocenters. The maximum Gasteiger partial charge on any atom is 0.160 e. The number of aryl methyl sites for hydroxylation is 1. The number of aldehydes is 1. The number of allylic oxidation sites excluding steroid dienone is 1. The van der Waals surface area contributed by atoms with Crippen molar-refractivity contribution < 1.29 is 34.1 Å². The van der Waals surface area contributed by atoms with Crippen molar-refractivity contribution in [1.82, 2.24) is 14.5 Å². The molecule has 10 nitrogen and oxygen atoms in total. The lowest BCUT2D eigenvalue weighted by Gasteiger charge is -2.76. The molecule has 2 aromatic carbocycles. The molecule has 5 aromatic rings. The van der Waals surface area contributed by atoms with Crippen LogP contribution in [0.15, 0.2) is 72.2 Å². The molecule has 3 aromatic heterocycles. The second kappa shape index (κ2) is 19.6. The van der Waals surface area contributed by atoms with E-state index in [1.807, 2.05) is 0 Å². The van der Waals surface area contributed by atoms with Gasteiger partial charge in [0.1, 0.15) is 18.2 Å². The number of aromatic amines is 2. The number of aromatic nitrogens is 3. The third kappa shape index (κ3) is 7.64. The van der Waals surface area contributed by atoms with E-state index in [1.165, 1.54) is 77.5 Å². The fourth-order valence-electron chi connectivity index (χ4n) is 25.1. The number of epoxide rings is 1. The molecule has 466 valence electrons. The summed E-state index contributed by atoms with van der Waals surface area (Å²) in [6.07, 6.45) is 25.7. The number of hydrogen-bond donors (Lipinski definition) is 4. The van der Waals surface area contributed by atoms with Crippen LogP contribution in [0.5, 0.6) is 0 Å². The average molecular weight is 1190 g/mol. The van der Waals surface area contributed by atoms with Crippen LogP contribution in [0.3, 0.4) is 0 Å². The minimum Gasteiger partial charge on any atom is -0.392 e. The smallest absolute Gasteiger partial charge is 0.160 e. The van der Waals surface area contributed by atoms with Gasteiger partial charge in [-0.05, 0) is 230 Å². The monoisotopic (exact) mass is 1190 g/mol. The van der Waals surface area contributed by atoms with Crippen molar-refractivity contribution >= 4 is 28.9 Å². The van der Waals surface area contributed by atoms with E-state index in [4.69, 9.17) is 9.47 Å². The molecule has 6 heterocycles. The molecule has 9 aliphatic carbocycles. The fourth-order valence-corrected chi connectivity index (χ4v) is 25.1. The van der Waals surface area contributed by atoms with Gasteiger partial charge in [-0.3, -0.25) is 9.59 Å². The minimum atomic E-state index is -0.864. The Morgan fingerprint density at radius 3 is 2.32 bits per heavy atom. The Hall–Kier alpha value is -4.87. The molecule has 12 aliphatic rings. The quantitative estimate of drug-likeness (QED) is 0.0892. The highest BCUT2D eigenvalue weighted by molar-refractivity contribution is 6.02. The maximum atomic E-state index is 17.1. The minimum absolute atomic E-state index is 0.0384. The lowest BCUT2D eigenvalue weighted by atomic mass is 9.27. The van der Waals surface area contributed by atoms with E-state index in [2.05, 4.69) is 124 Å². The number of H-pyrrole nitrogens is 2. The lowest BCUT2D eigenvalue weighted by Crippen LogP contribution is -2.75. The van der Waals surface area contributed by atoms with Gasteiger partial charge in [0.2, 0.25) is 0 Å². The zero-order valence-electron chi connectivity index (χ0n) is 53.7. The topological polar surface area (TPSA) is 150 Å². The second-order valence-electron chi connectivity index (χ2n) is 33.4. The highest BCUT2D eigenvalue weighted by Crippen LogP contribution is 2.85. The van der Waals surface area contributed by atoms with Crippen molar-refractivity contribution in [2.24, 2.45) is 62.1 Å². The first-order chi connectivity index (χ1) is 42.2. The van der Waals surface area contributed by atoms with E-state index in [1.54, 1.807) is 0 Å². The van der Waals surface area contributed by atoms with E-state index >= 15 is 14.7 Å². The van der Waals surface area contributed by atoms with Crippen molar-refractivity contribution in [2.45, 2.75) is 243 Å². The number of aliphatic hydroxyl groups excluding tert-OH is 2. The van der Waals surface area contributed by atoms with Crippen LogP contribution in [0.1, 0.15) is 249 Å². The van der Waals surface area contributed by atoms with Gasteiger partial charge in [-0.15, -0.1) is 0 Å². The van der Waals surface area contributed by atoms with Gasteiger partial charge in [-0.1, -0.05) is 103 Å². The van der Waals surface area contributed by atoms with E-state index < -0.39 is 62.1 Å². The number of hydrogen-bond acceptors (Lipinski definition) is 7. The van der Waals surface area contributed by atoms with Crippen LogP contribution in [0.4, 0.5) is 0 Å². The summed E-state index contributed by atoms with van der Waals surface area (Å²) in [5.41, 5.74) is 12.6. The largest absolute Gasteiger partial charge is 0.392 e. The number of rotatable bonds is 8. The van der Waals surface area contributed by atoms with E-state index in [9.17, 15) is 9.90 Å². The van der Waals surface area contributed by atoms with Gasteiger partial charge in [-0.2, -0.15) is 0 Å². The Morgan fingerprint density at radius 1 is 0.807 bits per heavy atom. The first kappa shape index (κ1) is 57.1. The van der Waals surface area contributed by atoms with E-state index in [-0.39, 0.29) is 35.6 Å². The first-order valence-electron chi connectivity index (χ1n) is 35.3. The number of fused-ring (bicyclic) bond motifs is 12. The fraction of sp³-hybridized carbons (Fsp3) is 0.654. The zero-order chi connectivity index (χ0) is 60.4. The molecule has 17 atom stereocenters. The highest BCUT2D eigenvalue weighted by atomic mass is 16.6. The molecule has 0 radical (unpaired) electrons. The number of ketones is 2. The molecule has 3 aliphatic heterocycles. The van der Waals surface area contributed by atoms with Gasteiger partial charge in [-0.25, -0.2) is 0 Å². The number of aliphatic hydroxyl groups is 2. The number of benzene rings is 2. The average Bonchev–Trinajstić information content (AvgIpc) is 1.01. The van der Waals surface area contributed by atoms with Crippen LogP contribution in [0.2, 0.25) is 0 Å². The number of nitrogens with one attached hydrogen (secondary N) is 2. The Labute approximate surface area is 521 Å². The third-order valence-electron chi connectivity index (χ3n) is 29.2. The van der Waals surface area contributed by atoms with Gasteiger partial charge in [0.15, 0.2) is 5.78 Å². The summed E-state index contributed by atoms with van der Waals surface area (Å²) in [4.78, 5) is 55.4. The van der Waals surface area contributed by atoms with Crippen molar-refractivity contribution in [2.75, 3.05) is 13.2 Å². The van der Waals surface area contributed by atoms with Crippen molar-refractivity contribution in [3.8, 4) is 0 Å². The van der Waals surface area contributed by atoms with Gasteiger partial charge in [0.05, 0.1) is 40.7 Å². The second-order valence-corrected chi connectivity index (χ2v) is 33.4. The normalized spacial score (nSPS) is 40.5. The van der Waals surface area contributed by atoms with Gasteiger partial charge >= 0.3 is 0 Å². The summed E-state index contributed by atoms with van der Waals surface area (Å²) >= 11 is 0. The number of carbonyl (C=O) groups excluding carboxylic acids is 3.